The Morgan fingerprint density at radius 1 is 1.07 bits per heavy atom. The van der Waals surface area contributed by atoms with Crippen LogP contribution in [0.1, 0.15) is 12.5 Å². The van der Waals surface area contributed by atoms with Crippen molar-refractivity contribution in [2.24, 2.45) is 0 Å². The van der Waals surface area contributed by atoms with Gasteiger partial charge < -0.3 is 5.32 Å². The standard InChI is InChI=1S/C21H21N3O2S/c1-3-15-8-10-16(11-9-15)17-12-13-21(26)24(23-17)14-20(25)22-18-6-4-5-7-19(18)27-2/h4-13H,3,14H2,1-2H3,(H,22,25). The Hall–Kier alpha value is -2.86. The third-order valence-electron chi connectivity index (χ3n) is 4.20. The Morgan fingerprint density at radius 2 is 1.81 bits per heavy atom. The Labute approximate surface area is 162 Å². The summed E-state index contributed by atoms with van der Waals surface area (Å²) in [5.41, 5.74) is 3.23. The summed E-state index contributed by atoms with van der Waals surface area (Å²) in [4.78, 5) is 25.5. The zero-order chi connectivity index (χ0) is 19.2. The van der Waals surface area contributed by atoms with Crippen molar-refractivity contribution in [3.8, 4) is 11.3 Å². The number of hydrogen-bond donors (Lipinski definition) is 1. The van der Waals surface area contributed by atoms with E-state index < -0.39 is 0 Å². The fraction of sp³-hybridized carbons (Fsp3) is 0.190. The largest absolute Gasteiger partial charge is 0.323 e. The Balaban J connectivity index is 1.80. The van der Waals surface area contributed by atoms with Crippen LogP contribution in [0, 0.1) is 0 Å². The molecule has 0 atom stereocenters. The summed E-state index contributed by atoms with van der Waals surface area (Å²) < 4.78 is 1.19. The number of nitrogens with one attached hydrogen (secondary N) is 1. The van der Waals surface area contributed by atoms with Crippen molar-refractivity contribution in [1.82, 2.24) is 9.78 Å². The van der Waals surface area contributed by atoms with Gasteiger partial charge in [-0.2, -0.15) is 5.10 Å². The number of benzene rings is 2. The first-order valence-electron chi connectivity index (χ1n) is 8.71. The molecule has 0 aliphatic heterocycles. The van der Waals surface area contributed by atoms with Gasteiger partial charge in [-0.1, -0.05) is 43.3 Å². The van der Waals surface area contributed by atoms with E-state index in [1.54, 1.807) is 17.8 Å². The van der Waals surface area contributed by atoms with E-state index in [1.807, 2.05) is 54.8 Å². The van der Waals surface area contributed by atoms with Crippen LogP contribution >= 0.6 is 11.8 Å². The topological polar surface area (TPSA) is 64.0 Å². The fourth-order valence-corrected chi connectivity index (χ4v) is 3.25. The lowest BCUT2D eigenvalue weighted by Crippen LogP contribution is -2.29. The number of para-hydroxylation sites is 1. The van der Waals surface area contributed by atoms with Crippen molar-refractivity contribution in [3.63, 3.8) is 0 Å². The molecule has 0 saturated carbocycles. The van der Waals surface area contributed by atoms with E-state index in [-0.39, 0.29) is 18.0 Å². The van der Waals surface area contributed by atoms with E-state index in [2.05, 4.69) is 17.3 Å². The van der Waals surface area contributed by atoms with Crippen LogP contribution in [-0.2, 0) is 17.8 Å². The van der Waals surface area contributed by atoms with Gasteiger partial charge in [0.15, 0.2) is 0 Å². The summed E-state index contributed by atoms with van der Waals surface area (Å²) in [6.45, 7) is 1.96. The van der Waals surface area contributed by atoms with Crippen LogP contribution in [0.25, 0.3) is 11.3 Å². The first-order chi connectivity index (χ1) is 13.1. The number of carbonyl (C=O) groups is 1. The number of carbonyl (C=O) groups excluding carboxylic acids is 1. The van der Waals surface area contributed by atoms with Gasteiger partial charge in [0.2, 0.25) is 5.91 Å². The number of thioether (sulfide) groups is 1. The highest BCUT2D eigenvalue weighted by molar-refractivity contribution is 7.98. The lowest BCUT2D eigenvalue weighted by atomic mass is 10.1. The van der Waals surface area contributed by atoms with Gasteiger partial charge in [0.05, 0.1) is 11.4 Å². The number of aryl methyl sites for hydroxylation is 1. The highest BCUT2D eigenvalue weighted by atomic mass is 32.2. The molecule has 0 spiro atoms. The van der Waals surface area contributed by atoms with E-state index in [4.69, 9.17) is 0 Å². The molecule has 1 aromatic heterocycles. The molecular weight excluding hydrogens is 358 g/mol. The molecule has 0 aliphatic rings. The average Bonchev–Trinajstić information content (AvgIpc) is 2.70. The monoisotopic (exact) mass is 379 g/mol. The molecule has 27 heavy (non-hydrogen) atoms. The molecule has 3 aromatic rings. The first kappa shape index (κ1) is 18.9. The fourth-order valence-electron chi connectivity index (χ4n) is 2.70. The molecule has 0 aliphatic carbocycles. The molecule has 1 amide bonds. The zero-order valence-corrected chi connectivity index (χ0v) is 16.1. The van der Waals surface area contributed by atoms with Gasteiger partial charge in [-0.3, -0.25) is 9.59 Å². The Kier molecular flexibility index (Phi) is 6.08. The maximum Gasteiger partial charge on any atom is 0.267 e. The smallest absolute Gasteiger partial charge is 0.267 e. The normalized spacial score (nSPS) is 10.6. The average molecular weight is 379 g/mol. The number of anilines is 1. The van der Waals surface area contributed by atoms with Gasteiger partial charge in [0, 0.05) is 16.5 Å². The molecule has 6 heteroatoms. The number of rotatable bonds is 6. The summed E-state index contributed by atoms with van der Waals surface area (Å²) in [6, 6.07) is 18.7. The predicted octanol–water partition coefficient (Wildman–Crippen LogP) is 3.83. The van der Waals surface area contributed by atoms with Crippen LogP contribution in [0.3, 0.4) is 0 Å². The molecule has 0 radical (unpaired) electrons. The van der Waals surface area contributed by atoms with Gasteiger partial charge >= 0.3 is 0 Å². The second-order valence-corrected chi connectivity index (χ2v) is 6.86. The molecule has 3 rings (SSSR count). The van der Waals surface area contributed by atoms with Crippen LogP contribution in [0.15, 0.2) is 70.4 Å². The zero-order valence-electron chi connectivity index (χ0n) is 15.3. The van der Waals surface area contributed by atoms with E-state index >= 15 is 0 Å². The van der Waals surface area contributed by atoms with Crippen LogP contribution in [-0.4, -0.2) is 21.9 Å². The molecule has 0 fully saturated rings. The molecule has 0 unspecified atom stereocenters. The third-order valence-corrected chi connectivity index (χ3v) is 4.99. The quantitative estimate of drug-likeness (QED) is 0.661. The Bertz CT molecular complexity index is 997. The predicted molar refractivity (Wildman–Crippen MR) is 110 cm³/mol. The minimum absolute atomic E-state index is 0.136. The van der Waals surface area contributed by atoms with Gasteiger partial charge in [-0.05, 0) is 36.4 Å². The second-order valence-electron chi connectivity index (χ2n) is 6.01. The van der Waals surface area contributed by atoms with E-state index in [0.29, 0.717) is 5.69 Å². The lowest BCUT2D eigenvalue weighted by molar-refractivity contribution is -0.117. The van der Waals surface area contributed by atoms with Crippen LogP contribution < -0.4 is 10.9 Å². The third kappa shape index (κ3) is 4.65. The van der Waals surface area contributed by atoms with Crippen LogP contribution in [0.4, 0.5) is 5.69 Å². The van der Waals surface area contributed by atoms with E-state index in [1.165, 1.54) is 16.3 Å². The van der Waals surface area contributed by atoms with Crippen molar-refractivity contribution in [1.29, 1.82) is 0 Å². The lowest BCUT2D eigenvalue weighted by Gasteiger charge is -2.10. The van der Waals surface area contributed by atoms with Crippen molar-refractivity contribution in [2.75, 3.05) is 11.6 Å². The molecule has 5 nitrogen and oxygen atoms in total. The van der Waals surface area contributed by atoms with E-state index in [9.17, 15) is 9.59 Å². The number of amides is 1. The summed E-state index contributed by atoms with van der Waals surface area (Å²) in [5.74, 6) is -0.287. The molecule has 0 bridgehead atoms. The molecule has 0 saturated heterocycles. The SMILES string of the molecule is CCc1ccc(-c2ccc(=O)n(CC(=O)Nc3ccccc3SC)n2)cc1. The summed E-state index contributed by atoms with van der Waals surface area (Å²) in [7, 11) is 0. The molecule has 2 aromatic carbocycles. The minimum atomic E-state index is -0.308. The highest BCUT2D eigenvalue weighted by Gasteiger charge is 2.10. The molecule has 1 heterocycles. The van der Waals surface area contributed by atoms with Crippen molar-refractivity contribution in [3.05, 3.63) is 76.6 Å². The maximum absolute atomic E-state index is 12.4. The van der Waals surface area contributed by atoms with Crippen LogP contribution in [0.5, 0.6) is 0 Å². The van der Waals surface area contributed by atoms with Crippen molar-refractivity contribution >= 4 is 23.4 Å². The molecular formula is C21H21N3O2S. The molecule has 138 valence electrons. The summed E-state index contributed by atoms with van der Waals surface area (Å²) in [5, 5.41) is 7.21. The van der Waals surface area contributed by atoms with Crippen molar-refractivity contribution in [2.45, 2.75) is 24.8 Å². The Morgan fingerprint density at radius 3 is 2.52 bits per heavy atom. The van der Waals surface area contributed by atoms with Crippen LogP contribution in [0.2, 0.25) is 0 Å². The molecule has 1 N–H and O–H groups in total. The summed E-state index contributed by atoms with van der Waals surface area (Å²) in [6.07, 6.45) is 2.91. The first-order valence-corrected chi connectivity index (χ1v) is 9.93. The number of hydrogen-bond acceptors (Lipinski definition) is 4. The van der Waals surface area contributed by atoms with Gasteiger partial charge in [-0.25, -0.2) is 4.68 Å². The maximum atomic E-state index is 12.4. The van der Waals surface area contributed by atoms with Crippen molar-refractivity contribution < 1.29 is 4.79 Å². The van der Waals surface area contributed by atoms with E-state index in [0.717, 1.165) is 22.6 Å². The van der Waals surface area contributed by atoms with Gasteiger partial charge in [0.1, 0.15) is 6.54 Å². The van der Waals surface area contributed by atoms with Gasteiger partial charge in [0.25, 0.3) is 5.56 Å². The highest BCUT2D eigenvalue weighted by Crippen LogP contribution is 2.24. The number of aromatic nitrogens is 2. The minimum Gasteiger partial charge on any atom is -0.323 e. The second kappa shape index (κ2) is 8.68. The van der Waals surface area contributed by atoms with Gasteiger partial charge in [-0.15, -0.1) is 11.8 Å². The summed E-state index contributed by atoms with van der Waals surface area (Å²) >= 11 is 1.55. The number of nitrogens with zero attached hydrogens (tertiary/aromatic N) is 2.